The van der Waals surface area contributed by atoms with E-state index in [4.69, 9.17) is 8.92 Å². The molecule has 0 bridgehead atoms. The van der Waals surface area contributed by atoms with Crippen LogP contribution in [0, 0.1) is 0 Å². The molecule has 3 aromatic rings. The van der Waals surface area contributed by atoms with Crippen LogP contribution in [0.2, 0.25) is 0 Å². The molecule has 6 nitrogen and oxygen atoms in total. The van der Waals surface area contributed by atoms with Gasteiger partial charge in [0.05, 0.1) is 0 Å². The molecule has 0 aliphatic carbocycles. The molecule has 0 saturated heterocycles. The highest BCUT2D eigenvalue weighted by molar-refractivity contribution is 9.10. The van der Waals surface area contributed by atoms with Gasteiger partial charge in [0.2, 0.25) is 5.90 Å². The molecule has 30 heavy (non-hydrogen) atoms. The van der Waals surface area contributed by atoms with E-state index in [1.807, 2.05) is 12.1 Å². The van der Waals surface area contributed by atoms with Crippen molar-refractivity contribution in [1.29, 1.82) is 0 Å². The van der Waals surface area contributed by atoms with Crippen molar-refractivity contribution in [3.63, 3.8) is 0 Å². The minimum absolute atomic E-state index is 0.0308. The van der Waals surface area contributed by atoms with Crippen LogP contribution in [0.15, 0.2) is 98.9 Å². The fourth-order valence-corrected chi connectivity index (χ4v) is 3.94. The van der Waals surface area contributed by atoms with E-state index in [1.165, 1.54) is 24.3 Å². The standard InChI is InChI=1S/C22H14BrNO5S/c23-17-12-10-15(11-13-17)21-24-19(22(25)28-21)14-16-6-4-5-9-20(16)29-30(26,27)18-7-2-1-3-8-18/h1-14H/b19-14-. The second-order valence-corrected chi connectivity index (χ2v) is 8.69. The molecule has 1 heterocycles. The maximum Gasteiger partial charge on any atom is 0.363 e. The summed E-state index contributed by atoms with van der Waals surface area (Å²) in [7, 11) is -4.03. The van der Waals surface area contributed by atoms with Gasteiger partial charge in [0.1, 0.15) is 10.6 Å². The highest BCUT2D eigenvalue weighted by Crippen LogP contribution is 2.27. The zero-order valence-electron chi connectivity index (χ0n) is 15.4. The Hall–Kier alpha value is -3.23. The molecular weight excluding hydrogens is 470 g/mol. The largest absolute Gasteiger partial charge is 0.402 e. The van der Waals surface area contributed by atoms with Gasteiger partial charge in [0, 0.05) is 15.6 Å². The van der Waals surface area contributed by atoms with Gasteiger partial charge >= 0.3 is 16.1 Å². The second kappa shape index (κ2) is 8.25. The Labute approximate surface area is 181 Å². The summed E-state index contributed by atoms with van der Waals surface area (Å²) in [5.74, 6) is -0.378. The van der Waals surface area contributed by atoms with Crippen molar-refractivity contribution >= 4 is 44.0 Å². The highest BCUT2D eigenvalue weighted by Gasteiger charge is 2.25. The van der Waals surface area contributed by atoms with E-state index in [-0.39, 0.29) is 22.2 Å². The number of nitrogens with zero attached hydrogens (tertiary/aromatic N) is 1. The van der Waals surface area contributed by atoms with Crippen molar-refractivity contribution in [1.82, 2.24) is 0 Å². The second-order valence-electron chi connectivity index (χ2n) is 6.23. The number of halogens is 1. The molecule has 0 spiro atoms. The monoisotopic (exact) mass is 483 g/mol. The van der Waals surface area contributed by atoms with Crippen LogP contribution in [0.5, 0.6) is 5.75 Å². The summed E-state index contributed by atoms with van der Waals surface area (Å²) in [6.07, 6.45) is 1.43. The van der Waals surface area contributed by atoms with E-state index in [0.29, 0.717) is 11.1 Å². The Morgan fingerprint density at radius 2 is 1.57 bits per heavy atom. The molecular formula is C22H14BrNO5S. The first-order chi connectivity index (χ1) is 14.4. The number of esters is 1. The van der Waals surface area contributed by atoms with Gasteiger partial charge in [0.25, 0.3) is 0 Å². The predicted octanol–water partition coefficient (Wildman–Crippen LogP) is 4.56. The van der Waals surface area contributed by atoms with Gasteiger partial charge in [-0.15, -0.1) is 0 Å². The molecule has 8 heteroatoms. The fourth-order valence-electron chi connectivity index (χ4n) is 2.70. The minimum atomic E-state index is -4.03. The summed E-state index contributed by atoms with van der Waals surface area (Å²) < 4.78 is 36.6. The van der Waals surface area contributed by atoms with Gasteiger partial charge in [-0.3, -0.25) is 0 Å². The average molecular weight is 484 g/mol. The van der Waals surface area contributed by atoms with Crippen LogP contribution < -0.4 is 4.18 Å². The normalized spacial score (nSPS) is 15.0. The van der Waals surface area contributed by atoms with E-state index in [9.17, 15) is 13.2 Å². The number of para-hydroxylation sites is 1. The van der Waals surface area contributed by atoms with Crippen LogP contribution in [0.4, 0.5) is 0 Å². The van der Waals surface area contributed by atoms with E-state index < -0.39 is 16.1 Å². The summed E-state index contributed by atoms with van der Waals surface area (Å²) in [5.41, 5.74) is 1.07. The summed E-state index contributed by atoms with van der Waals surface area (Å²) >= 11 is 3.35. The van der Waals surface area contributed by atoms with Gasteiger partial charge in [-0.05, 0) is 48.5 Å². The topological polar surface area (TPSA) is 82.0 Å². The first kappa shape index (κ1) is 20.1. The molecule has 0 fully saturated rings. The number of carbonyl (C=O) groups is 1. The number of cyclic esters (lactones) is 1. The Morgan fingerprint density at radius 3 is 2.30 bits per heavy atom. The third kappa shape index (κ3) is 4.34. The minimum Gasteiger partial charge on any atom is -0.402 e. The Bertz CT molecular complexity index is 1270. The lowest BCUT2D eigenvalue weighted by atomic mass is 10.1. The van der Waals surface area contributed by atoms with Gasteiger partial charge in [-0.2, -0.15) is 8.42 Å². The van der Waals surface area contributed by atoms with E-state index in [2.05, 4.69) is 20.9 Å². The number of benzene rings is 3. The van der Waals surface area contributed by atoms with Crippen LogP contribution in [0.25, 0.3) is 6.08 Å². The molecule has 0 amide bonds. The molecule has 150 valence electrons. The van der Waals surface area contributed by atoms with Gasteiger partial charge in [-0.1, -0.05) is 52.3 Å². The number of carbonyl (C=O) groups excluding carboxylic acids is 1. The summed E-state index contributed by atoms with van der Waals surface area (Å²) in [4.78, 5) is 16.6. The zero-order chi connectivity index (χ0) is 21.1. The quantitative estimate of drug-likeness (QED) is 0.301. The maximum absolute atomic E-state index is 12.6. The first-order valence-corrected chi connectivity index (χ1v) is 11.0. The van der Waals surface area contributed by atoms with Crippen LogP contribution in [0.3, 0.4) is 0 Å². The third-order valence-electron chi connectivity index (χ3n) is 4.15. The SMILES string of the molecule is O=C1OC(c2ccc(Br)cc2)=N/C1=C\c1ccccc1OS(=O)(=O)c1ccccc1. The van der Waals surface area contributed by atoms with Crippen LogP contribution in [-0.4, -0.2) is 20.3 Å². The van der Waals surface area contributed by atoms with E-state index in [0.717, 1.165) is 4.47 Å². The average Bonchev–Trinajstić information content (AvgIpc) is 3.11. The first-order valence-electron chi connectivity index (χ1n) is 8.79. The molecule has 0 radical (unpaired) electrons. The van der Waals surface area contributed by atoms with Gasteiger partial charge in [0.15, 0.2) is 5.70 Å². The van der Waals surface area contributed by atoms with Crippen LogP contribution in [0.1, 0.15) is 11.1 Å². The van der Waals surface area contributed by atoms with E-state index >= 15 is 0 Å². The van der Waals surface area contributed by atoms with Crippen molar-refractivity contribution in [3.05, 3.63) is 100 Å². The fraction of sp³-hybridized carbons (Fsp3) is 0. The van der Waals surface area contributed by atoms with Gasteiger partial charge < -0.3 is 8.92 Å². The summed E-state index contributed by atoms with van der Waals surface area (Å²) in [6, 6.07) is 21.4. The molecule has 0 atom stereocenters. The van der Waals surface area contributed by atoms with Crippen molar-refractivity contribution in [2.75, 3.05) is 0 Å². The Balaban J connectivity index is 1.66. The predicted molar refractivity (Wildman–Crippen MR) is 115 cm³/mol. The number of ether oxygens (including phenoxy) is 1. The van der Waals surface area contributed by atoms with Crippen molar-refractivity contribution in [3.8, 4) is 5.75 Å². The van der Waals surface area contributed by atoms with Crippen molar-refractivity contribution in [2.45, 2.75) is 4.90 Å². The van der Waals surface area contributed by atoms with E-state index in [1.54, 1.807) is 48.5 Å². The smallest absolute Gasteiger partial charge is 0.363 e. The molecule has 4 rings (SSSR count). The van der Waals surface area contributed by atoms with Crippen molar-refractivity contribution in [2.24, 2.45) is 4.99 Å². The molecule has 0 aromatic heterocycles. The zero-order valence-corrected chi connectivity index (χ0v) is 17.8. The molecule has 0 unspecified atom stereocenters. The third-order valence-corrected chi connectivity index (χ3v) is 5.93. The summed E-state index contributed by atoms with van der Waals surface area (Å²) in [5, 5.41) is 0. The molecule has 0 saturated carbocycles. The molecule has 0 N–H and O–H groups in total. The Kier molecular flexibility index (Phi) is 5.52. The molecule has 3 aromatic carbocycles. The number of hydrogen-bond acceptors (Lipinski definition) is 6. The lowest BCUT2D eigenvalue weighted by Crippen LogP contribution is -2.10. The van der Waals surface area contributed by atoms with Crippen molar-refractivity contribution < 1.29 is 22.1 Å². The lowest BCUT2D eigenvalue weighted by Gasteiger charge is -2.09. The molecule has 1 aliphatic heterocycles. The number of hydrogen-bond donors (Lipinski definition) is 0. The van der Waals surface area contributed by atoms with Gasteiger partial charge in [-0.25, -0.2) is 9.79 Å². The number of rotatable bonds is 5. The number of aliphatic imine (C=N–C) groups is 1. The highest BCUT2D eigenvalue weighted by atomic mass is 79.9. The Morgan fingerprint density at radius 1 is 0.900 bits per heavy atom. The lowest BCUT2D eigenvalue weighted by molar-refractivity contribution is -0.129. The summed E-state index contributed by atoms with van der Waals surface area (Å²) in [6.45, 7) is 0. The van der Waals surface area contributed by atoms with Crippen LogP contribution in [-0.2, 0) is 19.6 Å². The van der Waals surface area contributed by atoms with Crippen LogP contribution >= 0.6 is 15.9 Å². The maximum atomic E-state index is 12.6. The molecule has 1 aliphatic rings.